The van der Waals surface area contributed by atoms with E-state index in [1.807, 2.05) is 6.92 Å². The van der Waals surface area contributed by atoms with E-state index in [4.69, 9.17) is 10.5 Å². The molecule has 0 aliphatic heterocycles. The summed E-state index contributed by atoms with van der Waals surface area (Å²) in [5.41, 5.74) is 5.56. The van der Waals surface area contributed by atoms with Crippen LogP contribution in [0.4, 0.5) is 10.1 Å². The van der Waals surface area contributed by atoms with E-state index >= 15 is 0 Å². The third-order valence-electron chi connectivity index (χ3n) is 2.37. The predicted molar refractivity (Wildman–Crippen MR) is 71.7 cm³/mol. The van der Waals surface area contributed by atoms with Gasteiger partial charge in [-0.3, -0.25) is 0 Å². The zero-order valence-corrected chi connectivity index (χ0v) is 11.7. The number of nitrogens with two attached hydrogens (primary N) is 1. The van der Waals surface area contributed by atoms with E-state index in [2.05, 4.69) is 4.72 Å². The summed E-state index contributed by atoms with van der Waals surface area (Å²) in [6, 6.07) is 3.26. The van der Waals surface area contributed by atoms with Crippen LogP contribution in [0.1, 0.15) is 19.8 Å². The molecule has 0 fully saturated rings. The SMILES string of the molecule is CCCOCCCNS(=O)(=O)c1cc(F)ccc1N. The molecular formula is C12H19FN2O3S. The number of ether oxygens (including phenoxy) is 1. The first-order valence-corrected chi connectivity index (χ1v) is 7.58. The number of hydrogen-bond donors (Lipinski definition) is 2. The molecule has 0 saturated carbocycles. The minimum absolute atomic E-state index is 0.0242. The molecule has 0 bridgehead atoms. The fraction of sp³-hybridized carbons (Fsp3) is 0.500. The molecule has 19 heavy (non-hydrogen) atoms. The molecule has 3 N–H and O–H groups in total. The van der Waals surface area contributed by atoms with Crippen LogP contribution in [-0.4, -0.2) is 28.2 Å². The van der Waals surface area contributed by atoms with E-state index < -0.39 is 15.8 Å². The van der Waals surface area contributed by atoms with Crippen molar-refractivity contribution >= 4 is 15.7 Å². The summed E-state index contributed by atoms with van der Waals surface area (Å²) >= 11 is 0. The van der Waals surface area contributed by atoms with Crippen molar-refractivity contribution in [2.24, 2.45) is 0 Å². The average Bonchev–Trinajstić information content (AvgIpc) is 2.36. The molecule has 0 saturated heterocycles. The van der Waals surface area contributed by atoms with Crippen LogP contribution in [0.3, 0.4) is 0 Å². The van der Waals surface area contributed by atoms with Gasteiger partial charge in [0.05, 0.1) is 5.69 Å². The van der Waals surface area contributed by atoms with Crippen LogP contribution in [0.5, 0.6) is 0 Å². The standard InChI is InChI=1S/C12H19FN2O3S/c1-2-7-18-8-3-6-15-19(16,17)12-9-10(13)4-5-11(12)14/h4-5,9,15H,2-3,6-8,14H2,1H3. The molecule has 0 spiro atoms. The smallest absolute Gasteiger partial charge is 0.242 e. The van der Waals surface area contributed by atoms with Crippen LogP contribution in [0.25, 0.3) is 0 Å². The van der Waals surface area contributed by atoms with Gasteiger partial charge in [0, 0.05) is 19.8 Å². The summed E-state index contributed by atoms with van der Waals surface area (Å²) in [6.45, 7) is 3.36. The number of benzene rings is 1. The fourth-order valence-electron chi connectivity index (χ4n) is 1.45. The molecule has 0 radical (unpaired) electrons. The predicted octanol–water partition coefficient (Wildman–Crippen LogP) is 1.50. The maximum Gasteiger partial charge on any atom is 0.242 e. The van der Waals surface area contributed by atoms with E-state index in [1.165, 1.54) is 6.07 Å². The second-order valence-electron chi connectivity index (χ2n) is 4.05. The molecular weight excluding hydrogens is 271 g/mol. The van der Waals surface area contributed by atoms with Crippen LogP contribution < -0.4 is 10.5 Å². The highest BCUT2D eigenvalue weighted by atomic mass is 32.2. The van der Waals surface area contributed by atoms with Gasteiger partial charge in [-0.1, -0.05) is 6.92 Å². The van der Waals surface area contributed by atoms with Gasteiger partial charge in [0.25, 0.3) is 0 Å². The molecule has 0 heterocycles. The summed E-state index contributed by atoms with van der Waals surface area (Å²) in [4.78, 5) is -0.234. The lowest BCUT2D eigenvalue weighted by molar-refractivity contribution is 0.133. The molecule has 1 aromatic carbocycles. The number of rotatable bonds is 8. The van der Waals surface area contributed by atoms with E-state index in [0.717, 1.165) is 18.6 Å². The van der Waals surface area contributed by atoms with Crippen molar-refractivity contribution in [1.29, 1.82) is 0 Å². The normalized spacial score (nSPS) is 11.7. The van der Waals surface area contributed by atoms with E-state index in [9.17, 15) is 12.8 Å². The molecule has 0 amide bonds. The van der Waals surface area contributed by atoms with Crippen LogP contribution in [0, 0.1) is 5.82 Å². The lowest BCUT2D eigenvalue weighted by Gasteiger charge is -2.09. The Morgan fingerprint density at radius 1 is 1.37 bits per heavy atom. The van der Waals surface area contributed by atoms with Gasteiger partial charge in [-0.25, -0.2) is 17.5 Å². The highest BCUT2D eigenvalue weighted by molar-refractivity contribution is 7.89. The lowest BCUT2D eigenvalue weighted by Crippen LogP contribution is -2.26. The average molecular weight is 290 g/mol. The highest BCUT2D eigenvalue weighted by Crippen LogP contribution is 2.18. The zero-order chi connectivity index (χ0) is 14.3. The molecule has 0 atom stereocenters. The molecule has 0 aromatic heterocycles. The fourth-order valence-corrected chi connectivity index (χ4v) is 2.66. The van der Waals surface area contributed by atoms with E-state index in [0.29, 0.717) is 19.6 Å². The van der Waals surface area contributed by atoms with Gasteiger partial charge in [0.1, 0.15) is 10.7 Å². The Morgan fingerprint density at radius 2 is 2.11 bits per heavy atom. The van der Waals surface area contributed by atoms with Gasteiger partial charge in [-0.05, 0) is 31.0 Å². The number of nitrogen functional groups attached to an aromatic ring is 1. The summed E-state index contributed by atoms with van der Waals surface area (Å²) in [7, 11) is -3.78. The third kappa shape index (κ3) is 5.14. The number of hydrogen-bond acceptors (Lipinski definition) is 4. The van der Waals surface area contributed by atoms with Gasteiger partial charge >= 0.3 is 0 Å². The maximum atomic E-state index is 13.0. The second kappa shape index (κ2) is 7.42. The van der Waals surface area contributed by atoms with E-state index in [-0.39, 0.29) is 17.1 Å². The number of sulfonamides is 1. The first-order chi connectivity index (χ1) is 8.97. The first-order valence-electron chi connectivity index (χ1n) is 6.10. The Bertz CT molecular complexity index is 506. The van der Waals surface area contributed by atoms with Gasteiger partial charge in [0.15, 0.2) is 0 Å². The van der Waals surface area contributed by atoms with Gasteiger partial charge < -0.3 is 10.5 Å². The number of anilines is 1. The summed E-state index contributed by atoms with van der Waals surface area (Å²) < 4.78 is 44.4. The maximum absolute atomic E-state index is 13.0. The molecule has 0 aliphatic carbocycles. The largest absolute Gasteiger partial charge is 0.398 e. The molecule has 1 rings (SSSR count). The van der Waals surface area contributed by atoms with Crippen molar-refractivity contribution in [2.45, 2.75) is 24.7 Å². The highest BCUT2D eigenvalue weighted by Gasteiger charge is 2.17. The Labute approximate surface area is 113 Å². The van der Waals surface area contributed by atoms with Crippen molar-refractivity contribution in [3.63, 3.8) is 0 Å². The van der Waals surface area contributed by atoms with Gasteiger partial charge in [0.2, 0.25) is 10.0 Å². The first kappa shape index (κ1) is 15.9. The summed E-state index contributed by atoms with van der Waals surface area (Å²) in [5, 5.41) is 0. The third-order valence-corrected chi connectivity index (χ3v) is 3.89. The molecule has 0 unspecified atom stereocenters. The minimum atomic E-state index is -3.78. The second-order valence-corrected chi connectivity index (χ2v) is 5.78. The van der Waals surface area contributed by atoms with Crippen LogP contribution in [-0.2, 0) is 14.8 Å². The molecule has 1 aromatic rings. The van der Waals surface area contributed by atoms with Crippen molar-refractivity contribution in [3.8, 4) is 0 Å². The van der Waals surface area contributed by atoms with Crippen molar-refractivity contribution in [1.82, 2.24) is 4.72 Å². The molecule has 7 heteroatoms. The lowest BCUT2D eigenvalue weighted by atomic mass is 10.3. The minimum Gasteiger partial charge on any atom is -0.398 e. The van der Waals surface area contributed by atoms with Crippen molar-refractivity contribution in [2.75, 3.05) is 25.5 Å². The van der Waals surface area contributed by atoms with Crippen molar-refractivity contribution in [3.05, 3.63) is 24.0 Å². The Hall–Kier alpha value is -1.18. The molecule has 0 aliphatic rings. The Morgan fingerprint density at radius 3 is 2.79 bits per heavy atom. The van der Waals surface area contributed by atoms with Crippen LogP contribution in [0.15, 0.2) is 23.1 Å². The quantitative estimate of drug-likeness (QED) is 0.561. The van der Waals surface area contributed by atoms with Gasteiger partial charge in [-0.15, -0.1) is 0 Å². The van der Waals surface area contributed by atoms with Gasteiger partial charge in [-0.2, -0.15) is 0 Å². The van der Waals surface area contributed by atoms with Crippen molar-refractivity contribution < 1.29 is 17.5 Å². The van der Waals surface area contributed by atoms with Crippen LogP contribution >= 0.6 is 0 Å². The number of nitrogens with one attached hydrogen (secondary N) is 1. The summed E-state index contributed by atoms with van der Waals surface area (Å²) in [5.74, 6) is -0.638. The molecule has 108 valence electrons. The Kier molecular flexibility index (Phi) is 6.20. The Balaban J connectivity index is 2.54. The molecule has 5 nitrogen and oxygen atoms in total. The summed E-state index contributed by atoms with van der Waals surface area (Å²) in [6.07, 6.45) is 1.47. The number of halogens is 1. The van der Waals surface area contributed by atoms with E-state index in [1.54, 1.807) is 0 Å². The topological polar surface area (TPSA) is 81.4 Å². The zero-order valence-electron chi connectivity index (χ0n) is 10.9. The monoisotopic (exact) mass is 290 g/mol. The van der Waals surface area contributed by atoms with Crippen LogP contribution in [0.2, 0.25) is 0 Å².